The van der Waals surface area contributed by atoms with E-state index >= 15 is 0 Å². The van der Waals surface area contributed by atoms with Crippen LogP contribution in [-0.4, -0.2) is 37.0 Å². The second-order valence-electron chi connectivity index (χ2n) is 6.33. The van der Waals surface area contributed by atoms with E-state index < -0.39 is 0 Å². The quantitative estimate of drug-likeness (QED) is 0.762. The summed E-state index contributed by atoms with van der Waals surface area (Å²) < 4.78 is 0. The molecule has 3 nitrogen and oxygen atoms in total. The molecule has 1 N–H and O–H groups in total. The van der Waals surface area contributed by atoms with Gasteiger partial charge in [-0.1, -0.05) is 25.5 Å². The number of nitrogens with one attached hydrogen (secondary N) is 1. The predicted octanol–water partition coefficient (Wildman–Crippen LogP) is 2.19. The smallest absolute Gasteiger partial charge is 0.228 e. The first-order valence-corrected chi connectivity index (χ1v) is 7.17. The molecular weight excluding hydrogens is 224 g/mol. The minimum absolute atomic E-state index is 0.231. The molecule has 1 amide bonds. The summed E-state index contributed by atoms with van der Waals surface area (Å²) in [4.78, 5) is 14.8. The Balaban J connectivity index is 2.04. The largest absolute Gasteiger partial charge is 0.338 e. The van der Waals surface area contributed by atoms with E-state index in [0.29, 0.717) is 11.8 Å². The van der Waals surface area contributed by atoms with Crippen LogP contribution in [0.4, 0.5) is 0 Å². The number of carbonyl (C=O) groups excluding carboxylic acids is 1. The van der Waals surface area contributed by atoms with Crippen LogP contribution >= 0.6 is 0 Å². The molecule has 0 saturated carbocycles. The van der Waals surface area contributed by atoms with Crippen molar-refractivity contribution in [2.24, 2.45) is 11.3 Å². The lowest BCUT2D eigenvalue weighted by Gasteiger charge is -2.40. The Morgan fingerprint density at radius 1 is 1.50 bits per heavy atom. The lowest BCUT2D eigenvalue weighted by Crippen LogP contribution is -2.50. The summed E-state index contributed by atoms with van der Waals surface area (Å²) in [5.74, 6) is 0.814. The molecule has 0 aromatic carbocycles. The highest BCUT2D eigenvalue weighted by Crippen LogP contribution is 2.34. The molecule has 2 heterocycles. The van der Waals surface area contributed by atoms with Crippen molar-refractivity contribution in [3.8, 4) is 0 Å². The van der Waals surface area contributed by atoms with E-state index in [4.69, 9.17) is 0 Å². The van der Waals surface area contributed by atoms with Gasteiger partial charge in [0.15, 0.2) is 0 Å². The van der Waals surface area contributed by atoms with Gasteiger partial charge in [0, 0.05) is 18.5 Å². The minimum Gasteiger partial charge on any atom is -0.338 e. The van der Waals surface area contributed by atoms with Gasteiger partial charge in [-0.2, -0.15) is 0 Å². The van der Waals surface area contributed by atoms with Gasteiger partial charge < -0.3 is 10.2 Å². The van der Waals surface area contributed by atoms with Gasteiger partial charge in [0.25, 0.3) is 0 Å². The van der Waals surface area contributed by atoms with E-state index in [-0.39, 0.29) is 5.41 Å². The molecule has 102 valence electrons. The van der Waals surface area contributed by atoms with Crippen LogP contribution in [0.15, 0.2) is 11.6 Å². The molecule has 0 aromatic heterocycles. The fraction of sp³-hybridized carbons (Fsp3) is 0.800. The summed E-state index contributed by atoms with van der Waals surface area (Å²) in [5.41, 5.74) is 1.09. The molecule has 1 atom stereocenters. The minimum atomic E-state index is -0.231. The number of amides is 1. The normalized spacial score (nSPS) is 25.8. The van der Waals surface area contributed by atoms with Crippen LogP contribution in [0, 0.1) is 11.3 Å². The summed E-state index contributed by atoms with van der Waals surface area (Å²) in [6.07, 6.45) is 5.63. The van der Waals surface area contributed by atoms with Gasteiger partial charge in [-0.3, -0.25) is 4.79 Å². The van der Waals surface area contributed by atoms with E-state index in [2.05, 4.69) is 32.2 Å². The van der Waals surface area contributed by atoms with E-state index in [1.807, 2.05) is 4.90 Å². The van der Waals surface area contributed by atoms with Crippen molar-refractivity contribution in [3.63, 3.8) is 0 Å². The highest BCUT2D eigenvalue weighted by molar-refractivity contribution is 5.82. The summed E-state index contributed by atoms with van der Waals surface area (Å²) in [7, 11) is 0. The fourth-order valence-corrected chi connectivity index (χ4v) is 3.13. The van der Waals surface area contributed by atoms with Crippen molar-refractivity contribution in [2.75, 3.05) is 26.2 Å². The third kappa shape index (κ3) is 2.77. The Bertz CT molecular complexity index is 340. The van der Waals surface area contributed by atoms with Gasteiger partial charge in [0.05, 0.1) is 0 Å². The molecule has 0 spiro atoms. The molecule has 0 aromatic rings. The van der Waals surface area contributed by atoms with Crippen molar-refractivity contribution in [1.82, 2.24) is 10.2 Å². The van der Waals surface area contributed by atoms with Gasteiger partial charge in [-0.25, -0.2) is 0 Å². The molecule has 1 fully saturated rings. The number of piperidine rings is 1. The lowest BCUT2D eigenvalue weighted by atomic mass is 9.74. The molecule has 0 aliphatic carbocycles. The monoisotopic (exact) mass is 250 g/mol. The SMILES string of the molecule is CC1=CCCN(C(=O)C(C)(C)C2CCCNC2)C1. The Kier molecular flexibility index (Phi) is 4.10. The van der Waals surface area contributed by atoms with E-state index in [9.17, 15) is 4.79 Å². The zero-order valence-electron chi connectivity index (χ0n) is 12.0. The zero-order chi connectivity index (χ0) is 13.2. The van der Waals surface area contributed by atoms with Crippen LogP contribution < -0.4 is 5.32 Å². The van der Waals surface area contributed by atoms with Gasteiger partial charge in [0.1, 0.15) is 0 Å². The molecule has 0 radical (unpaired) electrons. The van der Waals surface area contributed by atoms with Gasteiger partial charge in [-0.15, -0.1) is 0 Å². The standard InChI is InChI=1S/C15H26N2O/c1-12-6-5-9-17(11-12)14(18)15(2,3)13-7-4-8-16-10-13/h6,13,16H,4-5,7-11H2,1-3H3. The molecule has 3 heteroatoms. The van der Waals surface area contributed by atoms with Crippen LogP contribution in [0.2, 0.25) is 0 Å². The molecule has 1 unspecified atom stereocenters. The van der Waals surface area contributed by atoms with Crippen LogP contribution in [0.25, 0.3) is 0 Å². The summed E-state index contributed by atoms with van der Waals surface area (Å²) in [6, 6.07) is 0. The Morgan fingerprint density at radius 3 is 2.89 bits per heavy atom. The number of hydrogen-bond acceptors (Lipinski definition) is 2. The van der Waals surface area contributed by atoms with Gasteiger partial charge >= 0.3 is 0 Å². The Morgan fingerprint density at radius 2 is 2.28 bits per heavy atom. The highest BCUT2D eigenvalue weighted by Gasteiger charge is 2.39. The van der Waals surface area contributed by atoms with Crippen LogP contribution in [0.1, 0.15) is 40.0 Å². The van der Waals surface area contributed by atoms with Crippen molar-refractivity contribution in [3.05, 3.63) is 11.6 Å². The number of carbonyl (C=O) groups is 1. The van der Waals surface area contributed by atoms with Crippen molar-refractivity contribution in [1.29, 1.82) is 0 Å². The maximum Gasteiger partial charge on any atom is 0.228 e. The second-order valence-corrected chi connectivity index (χ2v) is 6.33. The van der Waals surface area contributed by atoms with E-state index in [1.54, 1.807) is 0 Å². The van der Waals surface area contributed by atoms with Crippen molar-refractivity contribution >= 4 is 5.91 Å². The molecule has 2 aliphatic rings. The topological polar surface area (TPSA) is 32.3 Å². The summed E-state index contributed by atoms with van der Waals surface area (Å²) in [5, 5.41) is 3.43. The zero-order valence-corrected chi connectivity index (χ0v) is 12.0. The third-order valence-corrected chi connectivity index (χ3v) is 4.49. The molecule has 2 rings (SSSR count). The molecule has 1 saturated heterocycles. The van der Waals surface area contributed by atoms with Crippen LogP contribution in [0.5, 0.6) is 0 Å². The van der Waals surface area contributed by atoms with E-state index in [0.717, 1.165) is 32.6 Å². The maximum atomic E-state index is 12.7. The molecule has 18 heavy (non-hydrogen) atoms. The first kappa shape index (κ1) is 13.6. The number of nitrogens with zero attached hydrogens (tertiary/aromatic N) is 1. The van der Waals surface area contributed by atoms with Crippen molar-refractivity contribution < 1.29 is 4.79 Å². The number of hydrogen-bond donors (Lipinski definition) is 1. The molecular formula is C15H26N2O. The average molecular weight is 250 g/mol. The average Bonchev–Trinajstić information content (AvgIpc) is 2.39. The summed E-state index contributed by atoms with van der Waals surface area (Å²) >= 11 is 0. The molecule has 2 aliphatic heterocycles. The van der Waals surface area contributed by atoms with Crippen LogP contribution in [0.3, 0.4) is 0 Å². The lowest BCUT2D eigenvalue weighted by molar-refractivity contribution is -0.143. The summed E-state index contributed by atoms with van der Waals surface area (Å²) in [6.45, 7) is 10.2. The highest BCUT2D eigenvalue weighted by atomic mass is 16.2. The molecule has 0 bridgehead atoms. The number of rotatable bonds is 2. The second kappa shape index (κ2) is 5.43. The first-order valence-electron chi connectivity index (χ1n) is 7.17. The van der Waals surface area contributed by atoms with E-state index in [1.165, 1.54) is 18.4 Å². The van der Waals surface area contributed by atoms with Crippen LogP contribution in [-0.2, 0) is 4.79 Å². The van der Waals surface area contributed by atoms with Gasteiger partial charge in [0.2, 0.25) is 5.91 Å². The Hall–Kier alpha value is -0.830. The third-order valence-electron chi connectivity index (χ3n) is 4.49. The maximum absolute atomic E-state index is 12.7. The first-order chi connectivity index (χ1) is 8.51. The predicted molar refractivity (Wildman–Crippen MR) is 74.3 cm³/mol. The van der Waals surface area contributed by atoms with Crippen molar-refractivity contribution in [2.45, 2.75) is 40.0 Å². The van der Waals surface area contributed by atoms with Gasteiger partial charge in [-0.05, 0) is 45.2 Å². The Labute approximate surface area is 111 Å². The fourth-order valence-electron chi connectivity index (χ4n) is 3.13.